The Morgan fingerprint density at radius 3 is 2.32 bits per heavy atom. The van der Waals surface area contributed by atoms with Gasteiger partial charge in [0, 0.05) is 22.8 Å². The molecule has 2 unspecified atom stereocenters. The molecule has 0 heterocycles. The van der Waals surface area contributed by atoms with Gasteiger partial charge in [0.15, 0.2) is 0 Å². The number of nitrogens with zero attached hydrogens (tertiary/aromatic N) is 1. The summed E-state index contributed by atoms with van der Waals surface area (Å²) in [4.78, 5) is 23.9. The summed E-state index contributed by atoms with van der Waals surface area (Å²) in [5.41, 5.74) is 0.0521. The van der Waals surface area contributed by atoms with E-state index in [0.29, 0.717) is 18.4 Å². The van der Waals surface area contributed by atoms with Gasteiger partial charge in [-0.25, -0.2) is 0 Å². The van der Waals surface area contributed by atoms with E-state index in [9.17, 15) is 14.7 Å². The Bertz CT molecular complexity index is 692. The number of hydrogen-bond acceptors (Lipinski definition) is 4. The van der Waals surface area contributed by atoms with Crippen molar-refractivity contribution in [3.05, 3.63) is 35.4 Å². The van der Waals surface area contributed by atoms with Gasteiger partial charge in [-0.1, -0.05) is 26.0 Å². The molecule has 1 amide bonds. The maximum Gasteiger partial charge on any atom is 1.00 e. The smallest absolute Gasteiger partial charge is 0.550 e. The van der Waals surface area contributed by atoms with Crippen LogP contribution in [0.5, 0.6) is 0 Å². The van der Waals surface area contributed by atoms with Gasteiger partial charge in [0.1, 0.15) is 0 Å². The molecule has 1 aromatic carbocycles. The molecule has 2 atom stereocenters. The fourth-order valence-electron chi connectivity index (χ4n) is 3.38. The fraction of sp³-hybridized carbons (Fsp3) is 0.526. The number of nitriles is 1. The predicted molar refractivity (Wildman–Crippen MR) is 87.5 cm³/mol. The molecule has 128 valence electrons. The van der Waals surface area contributed by atoms with Crippen LogP contribution in [0.3, 0.4) is 0 Å². The molecular weight excluding hydrogens is 327 g/mol. The predicted octanol–water partition coefficient (Wildman–Crippen LogP) is -1.59. The maximum atomic E-state index is 12.5. The van der Waals surface area contributed by atoms with Crippen molar-refractivity contribution in [1.82, 2.24) is 5.32 Å². The number of carbonyl (C=O) groups is 2. The van der Waals surface area contributed by atoms with E-state index < -0.39 is 22.8 Å². The number of carboxylic acid groups (broad SMARTS) is 1. The third-order valence-corrected chi connectivity index (χ3v) is 4.92. The third kappa shape index (κ3) is 4.63. The van der Waals surface area contributed by atoms with Gasteiger partial charge in [-0.3, -0.25) is 4.79 Å². The fourth-order valence-corrected chi connectivity index (χ4v) is 3.38. The van der Waals surface area contributed by atoms with E-state index in [1.165, 1.54) is 0 Å². The van der Waals surface area contributed by atoms with Crippen LogP contribution in [0.4, 0.5) is 0 Å². The summed E-state index contributed by atoms with van der Waals surface area (Å²) in [5, 5.41) is 23.2. The van der Waals surface area contributed by atoms with Crippen LogP contribution >= 0.6 is 0 Å². The number of amides is 1. The molecule has 1 fully saturated rings. The van der Waals surface area contributed by atoms with Crippen LogP contribution in [0.15, 0.2) is 24.3 Å². The first-order valence-electron chi connectivity index (χ1n) is 8.15. The van der Waals surface area contributed by atoms with Gasteiger partial charge in [0.05, 0.1) is 11.6 Å². The van der Waals surface area contributed by atoms with Crippen molar-refractivity contribution in [2.45, 2.75) is 46.1 Å². The van der Waals surface area contributed by atoms with Crippen molar-refractivity contribution in [2.24, 2.45) is 17.3 Å². The van der Waals surface area contributed by atoms with Crippen LogP contribution in [0.25, 0.3) is 0 Å². The van der Waals surface area contributed by atoms with Gasteiger partial charge in [-0.05, 0) is 50.3 Å². The van der Waals surface area contributed by atoms with Gasteiger partial charge in [0.25, 0.3) is 0 Å². The first kappa shape index (κ1) is 21.7. The molecule has 1 aliphatic rings. The summed E-state index contributed by atoms with van der Waals surface area (Å²) in [7, 11) is 0. The van der Waals surface area contributed by atoms with Gasteiger partial charge in [-0.2, -0.15) is 5.26 Å². The number of nitrogens with one attached hydrogen (secondary N) is 1. The summed E-state index contributed by atoms with van der Waals surface area (Å²) in [5.74, 6) is -2.03. The van der Waals surface area contributed by atoms with E-state index >= 15 is 0 Å². The second kappa shape index (κ2) is 7.90. The molecule has 0 aliphatic heterocycles. The molecule has 5 nitrogen and oxygen atoms in total. The van der Waals surface area contributed by atoms with E-state index in [1.54, 1.807) is 12.1 Å². The van der Waals surface area contributed by atoms with Crippen molar-refractivity contribution in [3.8, 4) is 6.07 Å². The molecule has 1 aromatic rings. The summed E-state index contributed by atoms with van der Waals surface area (Å²) in [6, 6.07) is 9.29. The molecular formula is C19H23N2NaO3. The Balaban J connectivity index is 0.00000312. The van der Waals surface area contributed by atoms with Crippen molar-refractivity contribution in [1.29, 1.82) is 5.26 Å². The molecule has 25 heavy (non-hydrogen) atoms. The van der Waals surface area contributed by atoms with E-state index in [4.69, 9.17) is 5.26 Å². The van der Waals surface area contributed by atoms with Crippen LogP contribution in [-0.4, -0.2) is 17.4 Å². The minimum Gasteiger partial charge on any atom is -0.550 e. The standard InChI is InChI=1S/C19H24N2O3.Na/c1-12(2)19(17(23)24)10-15(19)16(22)21-18(3,4)9-13-5-7-14(11-20)8-6-13;/h5-8,12,15H,9-10H2,1-4H3,(H,21,22)(H,23,24);/q;+1/p-1. The number of carbonyl (C=O) groups excluding carboxylic acids is 2. The zero-order valence-electron chi connectivity index (χ0n) is 15.6. The Hall–Kier alpha value is -1.35. The monoisotopic (exact) mass is 350 g/mol. The summed E-state index contributed by atoms with van der Waals surface area (Å²) in [6.07, 6.45) is 0.933. The molecule has 6 heteroatoms. The SMILES string of the molecule is CC(C)C1(C(=O)[O-])CC1C(=O)NC(C)(C)Cc1ccc(C#N)cc1.[Na+]. The van der Waals surface area contributed by atoms with Crippen molar-refractivity contribution < 1.29 is 44.3 Å². The number of carboxylic acids is 1. The first-order chi connectivity index (χ1) is 11.1. The van der Waals surface area contributed by atoms with Crippen LogP contribution < -0.4 is 40.0 Å². The molecule has 1 aliphatic carbocycles. The second-order valence-electron chi connectivity index (χ2n) is 7.60. The Morgan fingerprint density at radius 2 is 1.92 bits per heavy atom. The molecule has 1 N–H and O–H groups in total. The molecule has 1 saturated carbocycles. The van der Waals surface area contributed by atoms with Gasteiger partial charge in [-0.15, -0.1) is 0 Å². The zero-order chi connectivity index (χ0) is 18.1. The summed E-state index contributed by atoms with van der Waals surface area (Å²) in [6.45, 7) is 7.43. The topological polar surface area (TPSA) is 93.0 Å². The first-order valence-corrected chi connectivity index (χ1v) is 8.15. The largest absolute Gasteiger partial charge is 1.00 e. The maximum absolute atomic E-state index is 12.5. The third-order valence-electron chi connectivity index (χ3n) is 4.92. The van der Waals surface area contributed by atoms with E-state index in [-0.39, 0.29) is 41.4 Å². The van der Waals surface area contributed by atoms with Gasteiger partial charge >= 0.3 is 29.6 Å². The van der Waals surface area contributed by atoms with Crippen LogP contribution in [0.1, 0.15) is 45.2 Å². The van der Waals surface area contributed by atoms with E-state index in [0.717, 1.165) is 5.56 Å². The minimum atomic E-state index is -1.14. The zero-order valence-corrected chi connectivity index (χ0v) is 17.6. The average Bonchev–Trinajstić information content (AvgIpc) is 3.24. The number of rotatable bonds is 6. The van der Waals surface area contributed by atoms with Gasteiger partial charge in [0.2, 0.25) is 5.91 Å². The quantitative estimate of drug-likeness (QED) is 0.626. The number of benzene rings is 1. The summed E-state index contributed by atoms with van der Waals surface area (Å²) < 4.78 is 0. The summed E-state index contributed by atoms with van der Waals surface area (Å²) >= 11 is 0. The molecule has 0 aromatic heterocycles. The van der Waals surface area contributed by atoms with Crippen molar-refractivity contribution >= 4 is 11.9 Å². The normalized spacial score (nSPS) is 21.8. The Labute approximate surface area is 171 Å². The van der Waals surface area contributed by atoms with Crippen LogP contribution in [0.2, 0.25) is 0 Å². The molecule has 0 saturated heterocycles. The average molecular weight is 350 g/mol. The number of aliphatic carboxylic acids is 1. The van der Waals surface area contributed by atoms with Crippen LogP contribution in [0, 0.1) is 28.6 Å². The minimum absolute atomic E-state index is 0. The van der Waals surface area contributed by atoms with E-state index in [2.05, 4.69) is 11.4 Å². The molecule has 0 bridgehead atoms. The Kier molecular flexibility index (Phi) is 6.86. The van der Waals surface area contributed by atoms with Crippen molar-refractivity contribution in [2.75, 3.05) is 0 Å². The molecule has 2 rings (SSSR count). The second-order valence-corrected chi connectivity index (χ2v) is 7.60. The van der Waals surface area contributed by atoms with Gasteiger partial charge < -0.3 is 15.2 Å². The van der Waals surface area contributed by atoms with E-state index in [1.807, 2.05) is 39.8 Å². The molecule has 0 spiro atoms. The Morgan fingerprint density at radius 1 is 1.36 bits per heavy atom. The van der Waals surface area contributed by atoms with Crippen LogP contribution in [-0.2, 0) is 16.0 Å². The van der Waals surface area contributed by atoms with Crippen molar-refractivity contribution in [3.63, 3.8) is 0 Å². The number of hydrogen-bond donors (Lipinski definition) is 1. The molecule has 0 radical (unpaired) electrons.